The van der Waals surface area contributed by atoms with Crippen LogP contribution in [0.5, 0.6) is 0 Å². The Morgan fingerprint density at radius 2 is 1.04 bits per heavy atom. The average Bonchev–Trinajstić information content (AvgIpc) is 3.10. The molecule has 0 amide bonds. The van der Waals surface area contributed by atoms with E-state index in [2.05, 4.69) is 42.7 Å². The highest BCUT2D eigenvalue weighted by molar-refractivity contribution is 7.47. The number of rotatable bonds is 37. The van der Waals surface area contributed by atoms with E-state index < -0.39 is 51.1 Å². The maximum absolute atomic E-state index is 12.5. The minimum absolute atomic E-state index is 0.160. The molecule has 11 nitrogen and oxygen atoms in total. The van der Waals surface area contributed by atoms with Gasteiger partial charge in [0.1, 0.15) is 12.6 Å². The Labute approximate surface area is 309 Å². The molecule has 0 saturated heterocycles. The molecule has 0 aromatic carbocycles. The molecule has 0 aliphatic carbocycles. The predicted molar refractivity (Wildman–Crippen MR) is 203 cm³/mol. The molecular formula is C39H72NO10P. The standard InChI is InChI=1S/C39H72NO10P/c1-3-5-7-9-10-11-12-13-14-15-16-17-18-19-20-21-22-23-24-25-26-27-29-31-38(42)50-35(32-47-37(41)30-28-8-6-4-2)33-48-51(45,46)49-34-36(40)39(43)44/h12-13,15-16,35-36H,3-11,14,17-34,40H2,1-2H3,(H,43,44)(H,45,46)/b13-12-,16-15-. The summed E-state index contributed by atoms with van der Waals surface area (Å²) in [6, 6.07) is -1.52. The Morgan fingerprint density at radius 1 is 0.608 bits per heavy atom. The topological polar surface area (TPSA) is 172 Å². The summed E-state index contributed by atoms with van der Waals surface area (Å²) < 4.78 is 32.3. The minimum Gasteiger partial charge on any atom is -0.480 e. The molecule has 4 N–H and O–H groups in total. The van der Waals surface area contributed by atoms with Crippen LogP contribution in [-0.2, 0) is 37.5 Å². The van der Waals surface area contributed by atoms with Crippen molar-refractivity contribution in [1.82, 2.24) is 0 Å². The lowest BCUT2D eigenvalue weighted by molar-refractivity contribution is -0.161. The van der Waals surface area contributed by atoms with Crippen LogP contribution < -0.4 is 5.73 Å². The van der Waals surface area contributed by atoms with Gasteiger partial charge in [0.05, 0.1) is 13.2 Å². The third kappa shape index (κ3) is 34.8. The van der Waals surface area contributed by atoms with E-state index in [0.29, 0.717) is 12.8 Å². The minimum atomic E-state index is -4.70. The summed E-state index contributed by atoms with van der Waals surface area (Å²) in [5, 5.41) is 8.82. The second-order valence-corrected chi connectivity index (χ2v) is 14.9. The number of carboxylic acids is 1. The van der Waals surface area contributed by atoms with Gasteiger partial charge in [-0.3, -0.25) is 23.4 Å². The second kappa shape index (κ2) is 35.0. The van der Waals surface area contributed by atoms with Crippen molar-refractivity contribution in [2.75, 3.05) is 19.8 Å². The number of hydrogen-bond acceptors (Lipinski definition) is 9. The fourth-order valence-electron chi connectivity index (χ4n) is 5.27. The van der Waals surface area contributed by atoms with Gasteiger partial charge in [0, 0.05) is 12.8 Å². The maximum Gasteiger partial charge on any atom is 0.472 e. The lowest BCUT2D eigenvalue weighted by Crippen LogP contribution is -2.34. The third-order valence-electron chi connectivity index (χ3n) is 8.45. The van der Waals surface area contributed by atoms with Crippen LogP contribution in [0.2, 0.25) is 0 Å². The van der Waals surface area contributed by atoms with Crippen molar-refractivity contribution >= 4 is 25.7 Å². The second-order valence-electron chi connectivity index (χ2n) is 13.4. The van der Waals surface area contributed by atoms with Crippen molar-refractivity contribution in [1.29, 1.82) is 0 Å². The van der Waals surface area contributed by atoms with Gasteiger partial charge in [0.15, 0.2) is 6.10 Å². The summed E-state index contributed by atoms with van der Waals surface area (Å²) >= 11 is 0. The lowest BCUT2D eigenvalue weighted by atomic mass is 10.0. The van der Waals surface area contributed by atoms with Crippen molar-refractivity contribution in [2.45, 2.75) is 187 Å². The highest BCUT2D eigenvalue weighted by Crippen LogP contribution is 2.43. The summed E-state index contributed by atoms with van der Waals surface area (Å²) in [5.74, 6) is -2.40. The normalized spacial score (nSPS) is 14.1. The Kier molecular flexibility index (Phi) is 33.6. The van der Waals surface area contributed by atoms with Crippen LogP contribution in [0.3, 0.4) is 0 Å². The number of hydrogen-bond donors (Lipinski definition) is 3. The van der Waals surface area contributed by atoms with Crippen LogP contribution in [0, 0.1) is 0 Å². The summed E-state index contributed by atoms with van der Waals surface area (Å²) in [6.45, 7) is 2.64. The number of aliphatic carboxylic acids is 1. The Bertz CT molecular complexity index is 974. The largest absolute Gasteiger partial charge is 0.480 e. The molecule has 0 radical (unpaired) electrons. The third-order valence-corrected chi connectivity index (χ3v) is 9.40. The molecule has 0 bridgehead atoms. The van der Waals surface area contributed by atoms with Crippen LogP contribution in [0.15, 0.2) is 24.3 Å². The number of phosphoric acid groups is 1. The van der Waals surface area contributed by atoms with Gasteiger partial charge in [0.2, 0.25) is 0 Å². The van der Waals surface area contributed by atoms with Gasteiger partial charge in [-0.25, -0.2) is 4.57 Å². The van der Waals surface area contributed by atoms with Gasteiger partial charge < -0.3 is 25.2 Å². The molecule has 298 valence electrons. The number of phosphoric ester groups is 1. The SMILES string of the molecule is CCCCCCC/C=C\C/C=C\CCCCCCCCCCCCCC(=O)OC(COC(=O)CCCCCC)COP(=O)(O)OCC(N)C(=O)O. The van der Waals surface area contributed by atoms with Crippen LogP contribution >= 0.6 is 7.82 Å². The van der Waals surface area contributed by atoms with Gasteiger partial charge >= 0.3 is 25.7 Å². The zero-order valence-electron chi connectivity index (χ0n) is 31.9. The fourth-order valence-corrected chi connectivity index (χ4v) is 6.05. The smallest absolute Gasteiger partial charge is 0.472 e. The number of nitrogens with two attached hydrogens (primary N) is 1. The molecule has 0 aliphatic rings. The number of allylic oxidation sites excluding steroid dienone is 4. The molecule has 0 aliphatic heterocycles. The van der Waals surface area contributed by atoms with E-state index in [1.165, 1.54) is 89.9 Å². The predicted octanol–water partition coefficient (Wildman–Crippen LogP) is 9.89. The molecule has 0 fully saturated rings. The Balaban J connectivity index is 4.09. The first-order valence-corrected chi connectivity index (χ1v) is 21.4. The molecule has 51 heavy (non-hydrogen) atoms. The van der Waals surface area contributed by atoms with Gasteiger partial charge in [0.25, 0.3) is 0 Å². The molecule has 0 saturated carbocycles. The number of unbranched alkanes of at least 4 members (excludes halogenated alkanes) is 19. The van der Waals surface area contributed by atoms with Crippen molar-refractivity contribution in [3.05, 3.63) is 24.3 Å². The van der Waals surface area contributed by atoms with Crippen molar-refractivity contribution in [3.8, 4) is 0 Å². The number of carboxylic acid groups (broad SMARTS) is 1. The molecule has 12 heteroatoms. The molecular weight excluding hydrogens is 673 g/mol. The first-order chi connectivity index (χ1) is 24.6. The van der Waals surface area contributed by atoms with E-state index in [1.807, 2.05) is 0 Å². The van der Waals surface area contributed by atoms with E-state index in [4.69, 9.17) is 24.8 Å². The number of ether oxygens (including phenoxy) is 2. The molecule has 0 spiro atoms. The van der Waals surface area contributed by atoms with Crippen LogP contribution in [0.1, 0.15) is 174 Å². The number of carbonyl (C=O) groups is 3. The molecule has 3 unspecified atom stereocenters. The lowest BCUT2D eigenvalue weighted by Gasteiger charge is -2.20. The monoisotopic (exact) mass is 745 g/mol. The summed E-state index contributed by atoms with van der Waals surface area (Å²) in [7, 11) is -4.70. The van der Waals surface area contributed by atoms with Crippen molar-refractivity contribution in [2.24, 2.45) is 5.73 Å². The van der Waals surface area contributed by atoms with Gasteiger partial charge in [-0.1, -0.05) is 141 Å². The number of carbonyl (C=O) groups excluding carboxylic acids is 2. The van der Waals surface area contributed by atoms with Crippen LogP contribution in [0.4, 0.5) is 0 Å². The fraction of sp³-hybridized carbons (Fsp3) is 0.821. The summed E-state index contributed by atoms with van der Waals surface area (Å²) in [6.07, 6.45) is 34.7. The van der Waals surface area contributed by atoms with E-state index in [-0.39, 0.29) is 19.4 Å². The zero-order chi connectivity index (χ0) is 37.8. The van der Waals surface area contributed by atoms with E-state index in [9.17, 15) is 23.8 Å². The summed E-state index contributed by atoms with van der Waals surface area (Å²) in [4.78, 5) is 45.3. The van der Waals surface area contributed by atoms with Crippen molar-refractivity contribution < 1.29 is 47.5 Å². The maximum atomic E-state index is 12.5. The first-order valence-electron chi connectivity index (χ1n) is 19.9. The first kappa shape index (κ1) is 49.0. The summed E-state index contributed by atoms with van der Waals surface area (Å²) in [5.41, 5.74) is 5.29. The van der Waals surface area contributed by atoms with Gasteiger partial charge in [-0.05, 0) is 44.9 Å². The van der Waals surface area contributed by atoms with E-state index >= 15 is 0 Å². The quantitative estimate of drug-likeness (QED) is 0.0239. The zero-order valence-corrected chi connectivity index (χ0v) is 32.8. The molecule has 0 heterocycles. The molecule has 0 rings (SSSR count). The van der Waals surface area contributed by atoms with E-state index in [0.717, 1.165) is 44.9 Å². The van der Waals surface area contributed by atoms with Gasteiger partial charge in [-0.15, -0.1) is 0 Å². The Morgan fingerprint density at radius 3 is 1.55 bits per heavy atom. The van der Waals surface area contributed by atoms with Crippen LogP contribution in [0.25, 0.3) is 0 Å². The molecule has 3 atom stereocenters. The highest BCUT2D eigenvalue weighted by Gasteiger charge is 2.28. The van der Waals surface area contributed by atoms with Crippen molar-refractivity contribution in [3.63, 3.8) is 0 Å². The molecule has 0 aromatic rings. The average molecular weight is 746 g/mol. The Hall–Kier alpha value is -2.04. The van der Waals surface area contributed by atoms with Crippen LogP contribution in [-0.4, -0.2) is 59.9 Å². The van der Waals surface area contributed by atoms with Gasteiger partial charge in [-0.2, -0.15) is 0 Å². The number of esters is 2. The van der Waals surface area contributed by atoms with E-state index in [1.54, 1.807) is 0 Å². The molecule has 0 aromatic heterocycles. The highest BCUT2D eigenvalue weighted by atomic mass is 31.2.